The van der Waals surface area contributed by atoms with Gasteiger partial charge in [-0.1, -0.05) is 109 Å². The van der Waals surface area contributed by atoms with Crippen LogP contribution in [0.15, 0.2) is 382 Å². The molecule has 0 spiro atoms. The summed E-state index contributed by atoms with van der Waals surface area (Å²) in [6.07, 6.45) is 0. The molecular weight excluding hydrogens is 1240 g/mol. The molecule has 0 aliphatic heterocycles. The van der Waals surface area contributed by atoms with Gasteiger partial charge in [0, 0.05) is 0 Å². The van der Waals surface area contributed by atoms with Crippen molar-refractivity contribution in [3.63, 3.8) is 0 Å². The van der Waals surface area contributed by atoms with E-state index in [4.69, 9.17) is 0 Å². The first kappa shape index (κ1) is 59.5. The van der Waals surface area contributed by atoms with E-state index < -0.39 is 43.0 Å². The van der Waals surface area contributed by atoms with Gasteiger partial charge in [-0.25, -0.2) is 0 Å². The van der Waals surface area contributed by atoms with Gasteiger partial charge in [-0.15, -0.1) is 0 Å². The van der Waals surface area contributed by atoms with Crippen LogP contribution >= 0.6 is 14.0 Å². The minimum atomic E-state index is -1.63. The molecule has 374 valence electrons. The third kappa shape index (κ3) is 22.0. The van der Waals surface area contributed by atoms with Crippen molar-refractivity contribution in [2.45, 2.75) is 0 Å². The van der Waals surface area contributed by atoms with Crippen LogP contribution < -0.4 is 39.6 Å². The third-order valence-electron chi connectivity index (χ3n) is 11.6. The molecule has 0 N–H and O–H groups in total. The quantitative estimate of drug-likeness (QED) is 0.126. The predicted octanol–water partition coefficient (Wildman–Crippen LogP) is 12.1. The fraction of sp³-hybridized carbons (Fsp3) is 0. The van der Waals surface area contributed by atoms with Crippen LogP contribution in [0.5, 0.6) is 0 Å². The Bertz CT molecular complexity index is 2490. The minimum absolute atomic E-state index is 1.50. The van der Waals surface area contributed by atoms with Gasteiger partial charge in [-0.2, -0.15) is 0 Å². The van der Waals surface area contributed by atoms with Crippen molar-refractivity contribution in [2.75, 3.05) is 0 Å². The van der Waals surface area contributed by atoms with Gasteiger partial charge in [-0.05, 0) is 0 Å². The molecule has 12 aromatic carbocycles. The Balaban J connectivity index is 0.000000159. The molecule has 0 heterocycles. The third-order valence-corrected chi connectivity index (χ3v) is 28.8. The van der Waals surface area contributed by atoms with E-state index in [1.165, 1.54) is 39.6 Å². The van der Waals surface area contributed by atoms with Gasteiger partial charge in [0.25, 0.3) is 0 Å². The summed E-state index contributed by atoms with van der Waals surface area (Å²) in [6, 6.07) is 134. The topological polar surface area (TPSA) is 0 Å². The second kappa shape index (κ2) is 37.9. The maximum Gasteiger partial charge on any atom is -0.0623 e. The molecule has 0 saturated heterocycles. The van der Waals surface area contributed by atoms with E-state index in [9.17, 15) is 0 Å². The predicted molar refractivity (Wildman–Crippen MR) is 346 cm³/mol. The van der Waals surface area contributed by atoms with Crippen molar-refractivity contribution in [1.82, 2.24) is 0 Å². The normalized spacial score (nSPS) is 9.78. The van der Waals surface area contributed by atoms with Crippen molar-refractivity contribution in [1.29, 1.82) is 0 Å². The van der Waals surface area contributed by atoms with Crippen LogP contribution in [-0.2, 0) is 0 Å². The SMILES string of the molecule is [Ge][Br].c1cc[c]([Ge]([c]2ccccc2)[c]2ccccc2)cc1.c1cc[c]([Ge]([c]2ccccc2)[c]2ccccc2)cc1.c1cc[c]([Ge]([c]2ccccc2)[c]2ccccc2)cc1.c1ccccc1.c1ccccc1.c1ccccc1. The van der Waals surface area contributed by atoms with Gasteiger partial charge in [0.1, 0.15) is 0 Å². The molecule has 0 bridgehead atoms. The average molecular weight is 1300 g/mol. The zero-order chi connectivity index (χ0) is 53.5. The maximum absolute atomic E-state index is 2.94. The summed E-state index contributed by atoms with van der Waals surface area (Å²) in [5.74, 6) is 0. The van der Waals surface area contributed by atoms with Crippen LogP contribution in [0.1, 0.15) is 0 Å². The molecule has 0 nitrogen and oxygen atoms in total. The van der Waals surface area contributed by atoms with Crippen molar-refractivity contribution in [3.05, 3.63) is 382 Å². The molecule has 0 amide bonds. The number of hydrogen-bond donors (Lipinski definition) is 0. The summed E-state index contributed by atoms with van der Waals surface area (Å²) in [4.78, 5) is 0. The van der Waals surface area contributed by atoms with Crippen molar-refractivity contribution in [3.8, 4) is 0 Å². The largest absolute Gasteiger partial charge is 0.0623 e. The fourth-order valence-electron chi connectivity index (χ4n) is 8.10. The van der Waals surface area contributed by atoms with E-state index in [0.717, 1.165) is 0 Å². The monoisotopic (exact) mass is 1300 g/mol. The zero-order valence-corrected chi connectivity index (χ0v) is 53.2. The summed E-state index contributed by atoms with van der Waals surface area (Å²) >= 11 is -0.147. The first-order chi connectivity index (χ1) is 38.3. The molecule has 0 unspecified atom stereocenters. The van der Waals surface area contributed by atoms with Gasteiger partial charge < -0.3 is 0 Å². The average Bonchev–Trinajstić information content (AvgIpc) is 3.54. The van der Waals surface area contributed by atoms with E-state index >= 15 is 0 Å². The van der Waals surface area contributed by atoms with Crippen molar-refractivity contribution < 1.29 is 0 Å². The Morgan fingerprint density at radius 3 is 0.273 bits per heavy atom. The Hall–Kier alpha value is -6.71. The number of benzene rings is 12. The van der Waals surface area contributed by atoms with Gasteiger partial charge in [0.05, 0.1) is 0 Å². The van der Waals surface area contributed by atoms with E-state index in [1.54, 1.807) is 0 Å². The smallest absolute Gasteiger partial charge is 0.0623 e. The van der Waals surface area contributed by atoms with Crippen LogP contribution in [0.2, 0.25) is 0 Å². The summed E-state index contributed by atoms with van der Waals surface area (Å²) < 4.78 is 13.5. The molecular formula is C72H63BrGe4. The fourth-order valence-corrected chi connectivity index (χ4v) is 24.3. The second-order valence-corrected chi connectivity index (χ2v) is 32.5. The van der Waals surface area contributed by atoms with Gasteiger partial charge in [0.15, 0.2) is 0 Å². The molecule has 77 heavy (non-hydrogen) atoms. The molecule has 12 rings (SSSR count). The standard InChI is InChI=1S/3C18H15Ge.3C6H6.BrGe/c3*1-4-10-16(11-5-1)19(17-12-6-2-7-13-17)18-14-8-3-9-15-18;3*1-2-4-6-5-3-1;1-2/h3*1-15H;3*1-6H;. The Kier molecular flexibility index (Phi) is 29.3. The first-order valence-electron chi connectivity index (χ1n) is 25.6. The molecule has 6 radical (unpaired) electrons. The molecule has 0 fully saturated rings. The van der Waals surface area contributed by atoms with Crippen LogP contribution in [0, 0.1) is 0 Å². The Morgan fingerprint density at radius 1 is 0.130 bits per heavy atom. The van der Waals surface area contributed by atoms with E-state index in [2.05, 4.69) is 287 Å². The van der Waals surface area contributed by atoms with Gasteiger partial charge in [0.2, 0.25) is 0 Å². The Morgan fingerprint density at radius 2 is 0.195 bits per heavy atom. The summed E-state index contributed by atoms with van der Waals surface area (Å²) in [6.45, 7) is 0. The molecule has 0 saturated carbocycles. The zero-order valence-electron chi connectivity index (χ0n) is 43.3. The number of hydrogen-bond acceptors (Lipinski definition) is 0. The second-order valence-electron chi connectivity index (χ2n) is 16.9. The number of rotatable bonds is 9. The van der Waals surface area contributed by atoms with Crippen molar-refractivity contribution >= 4 is 111 Å². The van der Waals surface area contributed by atoms with E-state index in [1.807, 2.05) is 124 Å². The summed E-state index contributed by atoms with van der Waals surface area (Å²) in [5, 5.41) is 0. The Labute approximate surface area is 488 Å². The van der Waals surface area contributed by atoms with Gasteiger partial charge in [-0.3, -0.25) is 0 Å². The molecule has 0 aliphatic rings. The molecule has 0 aliphatic carbocycles. The van der Waals surface area contributed by atoms with Crippen LogP contribution in [0.25, 0.3) is 0 Å². The molecule has 0 aromatic heterocycles. The molecule has 12 aromatic rings. The molecule has 0 atom stereocenters. The van der Waals surface area contributed by atoms with Gasteiger partial charge >= 0.3 is 384 Å². The van der Waals surface area contributed by atoms with E-state index in [-0.39, 0.29) is 0 Å². The summed E-state index contributed by atoms with van der Waals surface area (Å²) in [5.41, 5.74) is 0. The number of halogens is 1. The minimum Gasteiger partial charge on any atom is -0.0623 e. The summed E-state index contributed by atoms with van der Waals surface area (Å²) in [7, 11) is 0. The first-order valence-corrected chi connectivity index (χ1v) is 40.0. The van der Waals surface area contributed by atoms with E-state index in [0.29, 0.717) is 0 Å². The van der Waals surface area contributed by atoms with Crippen LogP contribution in [-0.4, -0.2) is 57.7 Å². The maximum atomic E-state index is 2.94. The van der Waals surface area contributed by atoms with Crippen molar-refractivity contribution in [2.24, 2.45) is 0 Å². The van der Waals surface area contributed by atoms with Crippen LogP contribution in [0.3, 0.4) is 0 Å². The molecule has 5 heteroatoms. The van der Waals surface area contributed by atoms with Crippen LogP contribution in [0.4, 0.5) is 0 Å².